The SMILES string of the molecule is CC(CCC(=O)N1CC[N+](C)(CCO)CC1)[C@H]1CCC2C3CCC4C[C@H](O)CC[C@]4(C)C3CC[C@@]21C.[I-]. The summed E-state index contributed by atoms with van der Waals surface area (Å²) < 4.78 is 0.890. The van der Waals surface area contributed by atoms with Gasteiger partial charge < -0.3 is 43.6 Å². The molecule has 214 valence electrons. The number of rotatable bonds is 6. The summed E-state index contributed by atoms with van der Waals surface area (Å²) in [5, 5.41) is 19.7. The van der Waals surface area contributed by atoms with Crippen molar-refractivity contribution in [2.24, 2.45) is 46.3 Å². The molecular weight excluding hydrogens is 575 g/mol. The zero-order valence-corrected chi connectivity index (χ0v) is 26.3. The molecule has 9 atom stereocenters. The predicted octanol–water partition coefficient (Wildman–Crippen LogP) is 1.71. The fourth-order valence-corrected chi connectivity index (χ4v) is 10.6. The van der Waals surface area contributed by atoms with Gasteiger partial charge in [-0.05, 0) is 111 Å². The fourth-order valence-electron chi connectivity index (χ4n) is 10.6. The first-order chi connectivity index (χ1) is 17.1. The minimum atomic E-state index is -0.0537. The van der Waals surface area contributed by atoms with E-state index >= 15 is 0 Å². The maximum atomic E-state index is 13.1. The Hall–Kier alpha value is 0.0800. The molecule has 0 aromatic heterocycles. The first kappa shape index (κ1) is 30.0. The molecule has 0 radical (unpaired) electrons. The molecule has 5 fully saturated rings. The second kappa shape index (κ2) is 11.5. The first-order valence-electron chi connectivity index (χ1n) is 15.5. The quantitative estimate of drug-likeness (QED) is 0.347. The van der Waals surface area contributed by atoms with E-state index in [2.05, 4.69) is 32.7 Å². The van der Waals surface area contributed by atoms with Crippen LogP contribution in [0.1, 0.15) is 91.4 Å². The van der Waals surface area contributed by atoms with Crippen LogP contribution >= 0.6 is 0 Å². The van der Waals surface area contributed by atoms with Gasteiger partial charge in [0.15, 0.2) is 0 Å². The van der Waals surface area contributed by atoms with E-state index in [0.29, 0.717) is 29.1 Å². The highest BCUT2D eigenvalue weighted by Crippen LogP contribution is 2.68. The number of carbonyl (C=O) groups excluding carboxylic acids is 1. The van der Waals surface area contributed by atoms with Crippen LogP contribution in [-0.4, -0.2) is 78.0 Å². The van der Waals surface area contributed by atoms with E-state index in [1.807, 2.05) is 0 Å². The number of halogens is 1. The molecule has 1 heterocycles. The highest BCUT2D eigenvalue weighted by molar-refractivity contribution is 5.76. The van der Waals surface area contributed by atoms with Gasteiger partial charge >= 0.3 is 0 Å². The fraction of sp³-hybridized carbons (Fsp3) is 0.968. The Bertz CT molecular complexity index is 801. The molecule has 5 aliphatic rings. The third-order valence-corrected chi connectivity index (χ3v) is 13.0. The summed E-state index contributed by atoms with van der Waals surface area (Å²) >= 11 is 0. The molecule has 2 N–H and O–H groups in total. The van der Waals surface area contributed by atoms with Gasteiger partial charge in [-0.2, -0.15) is 0 Å². The maximum absolute atomic E-state index is 13.1. The topological polar surface area (TPSA) is 60.8 Å². The van der Waals surface area contributed by atoms with Gasteiger partial charge in [0, 0.05) is 6.42 Å². The van der Waals surface area contributed by atoms with Crippen LogP contribution in [0.5, 0.6) is 0 Å². The predicted molar refractivity (Wildman–Crippen MR) is 144 cm³/mol. The van der Waals surface area contributed by atoms with Gasteiger partial charge in [0.1, 0.15) is 6.54 Å². The molecule has 0 spiro atoms. The molecule has 1 saturated heterocycles. The standard InChI is InChI=1S/C31H55N2O3.HI/c1-22(5-10-29(36)32-15-17-33(4,18-16-32)19-20-34)26-8-9-27-25-7-6-23-21-24(35)11-13-30(23,2)28(25)12-14-31(26,27)3;/h22-28,34-35H,5-21H2,1-4H3;1H/q+1;/p-1/t22?,23?,24-,25?,26-,27?,28?,30+,31-;/m1./s1. The van der Waals surface area contributed by atoms with Crippen LogP contribution in [0.2, 0.25) is 0 Å². The number of amides is 1. The van der Waals surface area contributed by atoms with E-state index in [9.17, 15) is 15.0 Å². The number of fused-ring (bicyclic) bond motifs is 5. The monoisotopic (exact) mass is 630 g/mol. The van der Waals surface area contributed by atoms with Gasteiger partial charge in [-0.25, -0.2) is 0 Å². The summed E-state index contributed by atoms with van der Waals surface area (Å²) in [6, 6.07) is 0. The summed E-state index contributed by atoms with van der Waals surface area (Å²) in [7, 11) is 2.20. The maximum Gasteiger partial charge on any atom is 0.222 e. The largest absolute Gasteiger partial charge is 1.00 e. The molecule has 4 saturated carbocycles. The zero-order valence-electron chi connectivity index (χ0n) is 24.1. The lowest BCUT2D eigenvalue weighted by Gasteiger charge is -2.61. The highest BCUT2D eigenvalue weighted by Gasteiger charge is 2.60. The molecule has 5 unspecified atom stereocenters. The molecule has 0 aromatic rings. The molecule has 1 aliphatic heterocycles. The Morgan fingerprint density at radius 2 is 1.68 bits per heavy atom. The molecule has 37 heavy (non-hydrogen) atoms. The molecule has 0 bridgehead atoms. The highest BCUT2D eigenvalue weighted by atomic mass is 127. The number of hydrogen-bond donors (Lipinski definition) is 2. The minimum Gasteiger partial charge on any atom is -1.00 e. The third-order valence-electron chi connectivity index (χ3n) is 13.0. The smallest absolute Gasteiger partial charge is 0.222 e. The molecule has 5 nitrogen and oxygen atoms in total. The number of aliphatic hydroxyl groups excluding tert-OH is 2. The summed E-state index contributed by atoms with van der Waals surface area (Å²) in [4.78, 5) is 15.2. The number of piperazine rings is 1. The summed E-state index contributed by atoms with van der Waals surface area (Å²) in [5.41, 5.74) is 0.912. The summed E-state index contributed by atoms with van der Waals surface area (Å²) in [6.07, 6.45) is 13.2. The molecule has 1 amide bonds. The third kappa shape index (κ3) is 5.53. The molecule has 5 rings (SSSR count). The van der Waals surface area contributed by atoms with Gasteiger partial charge in [-0.1, -0.05) is 20.8 Å². The number of likely N-dealkylation sites (N-methyl/N-ethyl adjacent to an activating group) is 1. The number of hydrogen-bond acceptors (Lipinski definition) is 3. The van der Waals surface area contributed by atoms with Crippen LogP contribution in [0.25, 0.3) is 0 Å². The lowest BCUT2D eigenvalue weighted by atomic mass is 9.44. The lowest BCUT2D eigenvalue weighted by Crippen LogP contribution is -3.00. The number of carbonyl (C=O) groups is 1. The van der Waals surface area contributed by atoms with E-state index in [0.717, 1.165) is 86.1 Å². The molecule has 4 aliphatic carbocycles. The van der Waals surface area contributed by atoms with Crippen LogP contribution in [0.4, 0.5) is 0 Å². The van der Waals surface area contributed by atoms with Crippen LogP contribution in [-0.2, 0) is 4.79 Å². The Morgan fingerprint density at radius 1 is 1.00 bits per heavy atom. The number of aliphatic hydroxyl groups is 2. The van der Waals surface area contributed by atoms with Crippen molar-refractivity contribution in [3.05, 3.63) is 0 Å². The van der Waals surface area contributed by atoms with Crippen molar-refractivity contribution < 1.29 is 43.5 Å². The van der Waals surface area contributed by atoms with Gasteiger partial charge in [-0.3, -0.25) is 4.79 Å². The van der Waals surface area contributed by atoms with Crippen LogP contribution in [0, 0.1) is 46.3 Å². The Morgan fingerprint density at radius 3 is 2.38 bits per heavy atom. The second-order valence-electron chi connectivity index (χ2n) is 14.7. The van der Waals surface area contributed by atoms with Gasteiger partial charge in [-0.15, -0.1) is 0 Å². The first-order valence-corrected chi connectivity index (χ1v) is 15.5. The molecule has 0 aromatic carbocycles. The van der Waals surface area contributed by atoms with E-state index in [4.69, 9.17) is 0 Å². The van der Waals surface area contributed by atoms with E-state index < -0.39 is 0 Å². The Kier molecular flexibility index (Phi) is 9.36. The van der Waals surface area contributed by atoms with Crippen LogP contribution in [0.3, 0.4) is 0 Å². The van der Waals surface area contributed by atoms with E-state index in [1.165, 1.54) is 44.9 Å². The average molecular weight is 631 g/mol. The van der Waals surface area contributed by atoms with Crippen molar-refractivity contribution in [1.29, 1.82) is 0 Å². The molecular formula is C31H55IN2O3. The average Bonchev–Trinajstić information content (AvgIpc) is 3.20. The van der Waals surface area contributed by atoms with Gasteiger partial charge in [0.2, 0.25) is 5.91 Å². The van der Waals surface area contributed by atoms with Crippen LogP contribution in [0.15, 0.2) is 0 Å². The summed E-state index contributed by atoms with van der Waals surface area (Å²) in [6.45, 7) is 12.3. The minimum absolute atomic E-state index is 0. The van der Waals surface area contributed by atoms with Crippen molar-refractivity contribution >= 4 is 5.91 Å². The normalized spacial score (nSPS) is 43.7. The van der Waals surface area contributed by atoms with E-state index in [-0.39, 0.29) is 36.7 Å². The van der Waals surface area contributed by atoms with Crippen LogP contribution < -0.4 is 24.0 Å². The van der Waals surface area contributed by atoms with Crippen molar-refractivity contribution in [2.45, 2.75) is 97.5 Å². The summed E-state index contributed by atoms with van der Waals surface area (Å²) in [5.74, 6) is 5.10. The lowest BCUT2D eigenvalue weighted by molar-refractivity contribution is -0.913. The second-order valence-corrected chi connectivity index (χ2v) is 14.7. The molecule has 6 heteroatoms. The van der Waals surface area contributed by atoms with E-state index in [1.54, 1.807) is 0 Å². The zero-order chi connectivity index (χ0) is 25.7. The van der Waals surface area contributed by atoms with Crippen molar-refractivity contribution in [1.82, 2.24) is 4.90 Å². The van der Waals surface area contributed by atoms with Crippen molar-refractivity contribution in [2.75, 3.05) is 46.4 Å². The number of nitrogens with zero attached hydrogens (tertiary/aromatic N) is 2. The van der Waals surface area contributed by atoms with Gasteiger partial charge in [0.25, 0.3) is 0 Å². The van der Waals surface area contributed by atoms with Crippen molar-refractivity contribution in [3.8, 4) is 0 Å². The Labute approximate surface area is 243 Å². The van der Waals surface area contributed by atoms with Crippen molar-refractivity contribution in [3.63, 3.8) is 0 Å². The number of quaternary nitrogens is 1. The van der Waals surface area contributed by atoms with Gasteiger partial charge in [0.05, 0.1) is 45.9 Å². The Balaban J connectivity index is 0.00000320.